The van der Waals surface area contributed by atoms with Gasteiger partial charge < -0.3 is 5.32 Å². The van der Waals surface area contributed by atoms with Gasteiger partial charge in [-0.05, 0) is 48.7 Å². The fourth-order valence-electron chi connectivity index (χ4n) is 3.22. The maximum atomic E-state index is 13.0. The average molecular weight is 387 g/mol. The van der Waals surface area contributed by atoms with Crippen molar-refractivity contribution in [2.45, 2.75) is 17.9 Å². The fraction of sp³-hybridized carbons (Fsp3) is 0.105. The first-order chi connectivity index (χ1) is 12.4. The third kappa shape index (κ3) is 2.53. The largest absolute Gasteiger partial charge is 0.324 e. The van der Waals surface area contributed by atoms with Gasteiger partial charge in [0.15, 0.2) is 0 Å². The van der Waals surface area contributed by atoms with E-state index >= 15 is 0 Å². The molecule has 1 amide bonds. The first-order valence-corrected chi connectivity index (χ1v) is 9.84. The number of rotatable bonds is 3. The van der Waals surface area contributed by atoms with Gasteiger partial charge in [0, 0.05) is 16.1 Å². The van der Waals surface area contributed by atoms with Crippen molar-refractivity contribution in [3.05, 3.63) is 65.7 Å². The molecule has 0 saturated carbocycles. The van der Waals surface area contributed by atoms with Crippen molar-refractivity contribution >= 4 is 49.7 Å². The van der Waals surface area contributed by atoms with Crippen LogP contribution in [-0.4, -0.2) is 20.4 Å². The number of carbonyl (C=O) groups excluding carboxylic acids is 1. The van der Waals surface area contributed by atoms with Gasteiger partial charge in [-0.15, -0.1) is 0 Å². The minimum absolute atomic E-state index is 0.233. The van der Waals surface area contributed by atoms with E-state index in [2.05, 4.69) is 5.32 Å². The highest BCUT2D eigenvalue weighted by atomic mass is 35.5. The Morgan fingerprint density at radius 3 is 2.38 bits per heavy atom. The number of hydrogen-bond acceptors (Lipinski definition) is 3. The van der Waals surface area contributed by atoms with Gasteiger partial charge >= 0.3 is 0 Å². The van der Waals surface area contributed by atoms with Crippen molar-refractivity contribution in [3.8, 4) is 0 Å². The summed E-state index contributed by atoms with van der Waals surface area (Å²) in [6, 6.07) is 16.3. The third-order valence-electron chi connectivity index (χ3n) is 4.46. The zero-order chi connectivity index (χ0) is 18.5. The molecule has 0 fully saturated rings. The van der Waals surface area contributed by atoms with E-state index in [4.69, 9.17) is 11.6 Å². The predicted octanol–water partition coefficient (Wildman–Crippen LogP) is 4.03. The highest BCUT2D eigenvalue weighted by Gasteiger charge is 2.40. The summed E-state index contributed by atoms with van der Waals surface area (Å²) in [6.45, 7) is 1.58. The molecule has 1 heterocycles. The first kappa shape index (κ1) is 16.9. The number of nitrogens with zero attached hydrogens (tertiary/aromatic N) is 1. The average Bonchev–Trinajstić information content (AvgIpc) is 2.85. The van der Waals surface area contributed by atoms with E-state index in [0.29, 0.717) is 21.8 Å². The summed E-state index contributed by atoms with van der Waals surface area (Å²) in [5.74, 6) is -0.416. The van der Waals surface area contributed by atoms with Gasteiger partial charge in [-0.3, -0.25) is 9.10 Å². The molecule has 3 aromatic rings. The fourth-order valence-corrected chi connectivity index (χ4v) is 5.22. The molecule has 4 rings (SSSR count). The van der Waals surface area contributed by atoms with Crippen LogP contribution in [0.5, 0.6) is 0 Å². The van der Waals surface area contributed by atoms with Crippen LogP contribution in [0.15, 0.2) is 65.6 Å². The molecule has 0 unspecified atom stereocenters. The SMILES string of the molecule is C[C@H](C(=O)Nc1ccc(Cl)cc1)N1c2cccc3cccc(c23)S1(=O)=O. The van der Waals surface area contributed by atoms with Crippen LogP contribution in [-0.2, 0) is 14.8 Å². The number of sulfonamides is 1. The predicted molar refractivity (Wildman–Crippen MR) is 103 cm³/mol. The molecule has 1 aliphatic rings. The highest BCUT2D eigenvalue weighted by Crippen LogP contribution is 2.43. The standard InChI is InChI=1S/C19H15ClN2O3S/c1-12(19(23)21-15-10-8-14(20)9-11-15)22-16-6-2-4-13-5-3-7-17(18(13)16)26(22,24)25/h2-12H,1H3,(H,21,23)/t12-/m1/s1. The minimum atomic E-state index is -3.79. The Bertz CT molecular complexity index is 1120. The van der Waals surface area contributed by atoms with Crippen molar-refractivity contribution in [1.82, 2.24) is 0 Å². The van der Waals surface area contributed by atoms with Crippen LogP contribution < -0.4 is 9.62 Å². The molecule has 0 saturated heterocycles. The van der Waals surface area contributed by atoms with Crippen LogP contribution in [0.1, 0.15) is 6.92 Å². The van der Waals surface area contributed by atoms with Crippen LogP contribution in [0.4, 0.5) is 11.4 Å². The van der Waals surface area contributed by atoms with Crippen LogP contribution in [0, 0.1) is 0 Å². The second-order valence-electron chi connectivity index (χ2n) is 6.10. The molecule has 0 spiro atoms. The lowest BCUT2D eigenvalue weighted by molar-refractivity contribution is -0.116. The molecular formula is C19H15ClN2O3S. The molecular weight excluding hydrogens is 372 g/mol. The number of hydrogen-bond donors (Lipinski definition) is 1. The lowest BCUT2D eigenvalue weighted by Gasteiger charge is -2.25. The maximum Gasteiger partial charge on any atom is 0.265 e. The number of halogens is 1. The van der Waals surface area contributed by atoms with Gasteiger partial charge in [-0.2, -0.15) is 0 Å². The van der Waals surface area contributed by atoms with Gasteiger partial charge in [0.2, 0.25) is 5.91 Å². The number of amides is 1. The van der Waals surface area contributed by atoms with Gasteiger partial charge in [-0.25, -0.2) is 8.42 Å². The maximum absolute atomic E-state index is 13.0. The molecule has 5 nitrogen and oxygen atoms in total. The van der Waals surface area contributed by atoms with E-state index in [0.717, 1.165) is 5.39 Å². The Kier molecular flexibility index (Phi) is 3.89. The second-order valence-corrected chi connectivity index (χ2v) is 8.32. The Balaban J connectivity index is 1.72. The molecule has 0 aromatic heterocycles. The van der Waals surface area contributed by atoms with E-state index in [1.54, 1.807) is 55.5 Å². The van der Waals surface area contributed by atoms with E-state index in [1.165, 1.54) is 4.31 Å². The number of nitrogens with one attached hydrogen (secondary N) is 1. The van der Waals surface area contributed by atoms with Gasteiger partial charge in [0.05, 0.1) is 10.6 Å². The molecule has 26 heavy (non-hydrogen) atoms. The molecule has 1 atom stereocenters. The molecule has 0 aliphatic carbocycles. The Morgan fingerprint density at radius 1 is 1.04 bits per heavy atom. The quantitative estimate of drug-likeness (QED) is 0.739. The summed E-state index contributed by atoms with van der Waals surface area (Å²) in [7, 11) is -3.79. The summed E-state index contributed by atoms with van der Waals surface area (Å²) in [6.07, 6.45) is 0. The lowest BCUT2D eigenvalue weighted by Crippen LogP contribution is -2.43. The zero-order valence-electron chi connectivity index (χ0n) is 13.8. The molecule has 1 N–H and O–H groups in total. The summed E-state index contributed by atoms with van der Waals surface area (Å²) in [4.78, 5) is 12.9. The van der Waals surface area contributed by atoms with Crippen LogP contribution in [0.2, 0.25) is 5.02 Å². The minimum Gasteiger partial charge on any atom is -0.324 e. The van der Waals surface area contributed by atoms with E-state index in [9.17, 15) is 13.2 Å². The lowest BCUT2D eigenvalue weighted by atomic mass is 10.1. The molecule has 1 aliphatic heterocycles. The first-order valence-electron chi connectivity index (χ1n) is 8.02. The molecule has 0 bridgehead atoms. The third-order valence-corrected chi connectivity index (χ3v) is 6.64. The van der Waals surface area contributed by atoms with Gasteiger partial charge in [-0.1, -0.05) is 35.9 Å². The molecule has 0 radical (unpaired) electrons. The highest BCUT2D eigenvalue weighted by molar-refractivity contribution is 7.93. The summed E-state index contributed by atoms with van der Waals surface area (Å²) in [5, 5.41) is 4.78. The van der Waals surface area contributed by atoms with E-state index < -0.39 is 22.0 Å². The van der Waals surface area contributed by atoms with Crippen molar-refractivity contribution in [2.24, 2.45) is 0 Å². The zero-order valence-corrected chi connectivity index (χ0v) is 15.4. The summed E-state index contributed by atoms with van der Waals surface area (Å²) in [5.41, 5.74) is 1.08. The van der Waals surface area contributed by atoms with Gasteiger partial charge in [0.25, 0.3) is 10.0 Å². The molecule has 3 aromatic carbocycles. The van der Waals surface area contributed by atoms with Crippen LogP contribution in [0.3, 0.4) is 0 Å². The van der Waals surface area contributed by atoms with E-state index in [-0.39, 0.29) is 4.90 Å². The number of benzene rings is 3. The summed E-state index contributed by atoms with van der Waals surface area (Å²) < 4.78 is 27.3. The van der Waals surface area contributed by atoms with Crippen molar-refractivity contribution in [1.29, 1.82) is 0 Å². The van der Waals surface area contributed by atoms with Crippen molar-refractivity contribution < 1.29 is 13.2 Å². The Labute approximate surface area is 156 Å². The second kappa shape index (κ2) is 6.00. The normalized spacial score (nSPS) is 15.8. The monoisotopic (exact) mass is 386 g/mol. The number of carbonyl (C=O) groups is 1. The summed E-state index contributed by atoms with van der Waals surface area (Å²) >= 11 is 5.85. The smallest absolute Gasteiger partial charge is 0.265 e. The Morgan fingerprint density at radius 2 is 1.69 bits per heavy atom. The molecule has 7 heteroatoms. The van der Waals surface area contributed by atoms with E-state index in [1.807, 2.05) is 12.1 Å². The Hall–Kier alpha value is -2.57. The van der Waals surface area contributed by atoms with Crippen LogP contribution >= 0.6 is 11.6 Å². The van der Waals surface area contributed by atoms with Crippen molar-refractivity contribution in [3.63, 3.8) is 0 Å². The number of anilines is 2. The van der Waals surface area contributed by atoms with Crippen molar-refractivity contribution in [2.75, 3.05) is 9.62 Å². The molecule has 132 valence electrons. The van der Waals surface area contributed by atoms with Crippen LogP contribution in [0.25, 0.3) is 10.8 Å². The van der Waals surface area contributed by atoms with Gasteiger partial charge in [0.1, 0.15) is 6.04 Å². The topological polar surface area (TPSA) is 66.5 Å².